The average molecular weight is 511 g/mol. The maximum Gasteiger partial charge on any atom is 0.433 e. The Hall–Kier alpha value is -2.20. The van der Waals surface area contributed by atoms with Crippen LogP contribution < -0.4 is 0 Å². The van der Waals surface area contributed by atoms with Crippen molar-refractivity contribution in [1.29, 1.82) is 0 Å². The Morgan fingerprint density at radius 1 is 1.06 bits per heavy atom. The highest BCUT2D eigenvalue weighted by molar-refractivity contribution is 8.45. The molecule has 3 aromatic rings. The van der Waals surface area contributed by atoms with Crippen LogP contribution in [-0.4, -0.2) is 20.8 Å². The molecule has 1 aromatic carbocycles. The second kappa shape index (κ2) is 6.19. The minimum absolute atomic E-state index is 0.0939. The zero-order valence-electron chi connectivity index (χ0n) is 14.6. The molecule has 168 valence electrons. The van der Waals surface area contributed by atoms with E-state index < -0.39 is 53.7 Å². The minimum atomic E-state index is -10.2. The van der Waals surface area contributed by atoms with E-state index in [9.17, 15) is 37.7 Å². The van der Waals surface area contributed by atoms with Gasteiger partial charge in [0.05, 0.1) is 26.8 Å². The Kier molecular flexibility index (Phi) is 4.68. The fourth-order valence-corrected chi connectivity index (χ4v) is 4.30. The predicted molar refractivity (Wildman–Crippen MR) is 101 cm³/mol. The van der Waals surface area contributed by atoms with Gasteiger partial charge in [-0.3, -0.25) is 4.98 Å². The van der Waals surface area contributed by atoms with Gasteiger partial charge in [-0.25, -0.2) is 0 Å². The number of terminal acetylenes is 1. The number of benzene rings is 1. The summed E-state index contributed by atoms with van der Waals surface area (Å²) in [5.74, 6) is 1.23. The third-order valence-electron chi connectivity index (χ3n) is 4.24. The second-order valence-electron chi connectivity index (χ2n) is 6.34. The van der Waals surface area contributed by atoms with Crippen LogP contribution in [0.15, 0.2) is 41.6 Å². The molecule has 1 N–H and O–H groups in total. The number of halogens is 10. The molecule has 0 bridgehead atoms. The summed E-state index contributed by atoms with van der Waals surface area (Å²) in [7, 11) is -10.2. The zero-order valence-corrected chi connectivity index (χ0v) is 16.9. The molecule has 0 aliphatic heterocycles. The molecule has 0 spiro atoms. The SMILES string of the molecule is C#CC(O)(c1cn(-c2c(Cl)cc(S(F)(F)(F)(F)F)cc2Cl)c2cccnc12)C(F)(F)F. The number of rotatable bonds is 3. The molecule has 0 aliphatic rings. The van der Waals surface area contributed by atoms with Crippen LogP contribution in [-0.2, 0) is 5.60 Å². The van der Waals surface area contributed by atoms with Crippen LogP contribution >= 0.6 is 33.4 Å². The van der Waals surface area contributed by atoms with Crippen molar-refractivity contribution in [3.8, 4) is 18.0 Å². The molecule has 31 heavy (non-hydrogen) atoms. The number of alkyl halides is 3. The number of fused-ring (bicyclic) bond motifs is 1. The van der Waals surface area contributed by atoms with Gasteiger partial charge in [0.15, 0.2) is 0 Å². The van der Waals surface area contributed by atoms with Gasteiger partial charge in [-0.1, -0.05) is 48.6 Å². The Balaban J connectivity index is 2.39. The maximum atomic E-state index is 13.5. The first-order valence-corrected chi connectivity index (χ1v) is 10.5. The molecule has 0 fully saturated rings. The zero-order chi connectivity index (χ0) is 23.7. The summed E-state index contributed by atoms with van der Waals surface area (Å²) in [6, 6.07) is 2.26. The Labute approximate surface area is 178 Å². The highest BCUT2D eigenvalue weighted by atomic mass is 35.5. The lowest BCUT2D eigenvalue weighted by Gasteiger charge is -2.40. The number of hydrogen-bond donors (Lipinski definition) is 1. The molecular weight excluding hydrogens is 503 g/mol. The van der Waals surface area contributed by atoms with Crippen LogP contribution in [0.3, 0.4) is 0 Å². The van der Waals surface area contributed by atoms with Gasteiger partial charge >= 0.3 is 16.4 Å². The number of hydrogen-bond acceptors (Lipinski definition) is 2. The molecule has 3 rings (SSSR count). The quantitative estimate of drug-likeness (QED) is 0.295. The van der Waals surface area contributed by atoms with E-state index in [1.807, 2.05) is 0 Å². The van der Waals surface area contributed by atoms with Crippen molar-refractivity contribution >= 4 is 44.5 Å². The summed E-state index contributed by atoms with van der Waals surface area (Å²) >= 11 is 11.6. The molecule has 1 unspecified atom stereocenters. The van der Waals surface area contributed by atoms with Crippen molar-refractivity contribution in [2.45, 2.75) is 16.7 Å². The first kappa shape index (κ1) is 23.5. The van der Waals surface area contributed by atoms with E-state index in [4.69, 9.17) is 29.6 Å². The van der Waals surface area contributed by atoms with Gasteiger partial charge in [0.2, 0.25) is 0 Å². The minimum Gasteiger partial charge on any atom is -0.366 e. The molecule has 0 saturated carbocycles. The first-order valence-electron chi connectivity index (χ1n) is 7.77. The van der Waals surface area contributed by atoms with Crippen molar-refractivity contribution in [3.63, 3.8) is 0 Å². The average Bonchev–Trinajstić information content (AvgIpc) is 2.97. The lowest BCUT2D eigenvalue weighted by Crippen LogP contribution is -2.40. The predicted octanol–water partition coefficient (Wildman–Crippen LogP) is 7.37. The van der Waals surface area contributed by atoms with Crippen molar-refractivity contribution in [3.05, 3.63) is 52.3 Å². The number of pyridine rings is 1. The van der Waals surface area contributed by atoms with Gasteiger partial charge in [0, 0.05) is 18.0 Å². The fourth-order valence-electron chi connectivity index (χ4n) is 2.82. The van der Waals surface area contributed by atoms with Crippen molar-refractivity contribution in [2.24, 2.45) is 0 Å². The van der Waals surface area contributed by atoms with E-state index in [1.54, 1.807) is 0 Å². The number of aromatic nitrogens is 2. The molecule has 2 aromatic heterocycles. The van der Waals surface area contributed by atoms with Crippen LogP contribution in [0.2, 0.25) is 10.0 Å². The van der Waals surface area contributed by atoms with Gasteiger partial charge in [-0.15, -0.1) is 6.42 Å². The highest BCUT2D eigenvalue weighted by Crippen LogP contribution is 3.02. The first-order chi connectivity index (χ1) is 13.8. The Morgan fingerprint density at radius 2 is 1.61 bits per heavy atom. The van der Waals surface area contributed by atoms with Crippen LogP contribution in [0, 0.1) is 12.3 Å². The van der Waals surface area contributed by atoms with Gasteiger partial charge in [0.1, 0.15) is 4.90 Å². The smallest absolute Gasteiger partial charge is 0.366 e. The molecule has 0 saturated heterocycles. The van der Waals surface area contributed by atoms with Crippen LogP contribution in [0.4, 0.5) is 32.6 Å². The van der Waals surface area contributed by atoms with E-state index >= 15 is 0 Å². The third kappa shape index (κ3) is 3.91. The molecule has 2 heterocycles. The van der Waals surface area contributed by atoms with E-state index in [2.05, 4.69) is 4.98 Å². The lowest BCUT2D eigenvalue weighted by atomic mass is 9.95. The molecule has 14 heteroatoms. The molecule has 0 aliphatic carbocycles. The standard InChI is InChI=1S/C17H8Cl2F8N2OS/c1-2-16(30,17(20,21)22)10-8-29(13-4-3-5-28-14(10)13)15-11(18)6-9(7-12(15)19)31(23,24,25,26)27/h1,3-8,30H. The monoisotopic (exact) mass is 510 g/mol. The summed E-state index contributed by atoms with van der Waals surface area (Å²) in [5, 5.41) is 8.23. The van der Waals surface area contributed by atoms with Crippen molar-refractivity contribution in [2.75, 3.05) is 0 Å². The summed E-state index contributed by atoms with van der Waals surface area (Å²) < 4.78 is 107. The normalized spacial score (nSPS) is 17.0. The summed E-state index contributed by atoms with van der Waals surface area (Å²) in [4.78, 5) is 1.35. The summed E-state index contributed by atoms with van der Waals surface area (Å²) in [5.41, 5.74) is -5.99. The maximum absolute atomic E-state index is 13.5. The third-order valence-corrected chi connectivity index (χ3v) is 5.95. The second-order valence-corrected chi connectivity index (χ2v) is 9.56. The van der Waals surface area contributed by atoms with Crippen molar-refractivity contribution < 1.29 is 37.7 Å². The molecule has 0 radical (unpaired) electrons. The Bertz CT molecular complexity index is 1240. The van der Waals surface area contributed by atoms with Crippen LogP contribution in [0.25, 0.3) is 16.7 Å². The van der Waals surface area contributed by atoms with Gasteiger partial charge < -0.3 is 9.67 Å². The van der Waals surface area contributed by atoms with Gasteiger partial charge in [-0.2, -0.15) is 13.2 Å². The van der Waals surface area contributed by atoms with Crippen LogP contribution in [0.5, 0.6) is 0 Å². The van der Waals surface area contributed by atoms with Gasteiger partial charge in [0.25, 0.3) is 5.60 Å². The highest BCUT2D eigenvalue weighted by Gasteiger charge is 2.65. The van der Waals surface area contributed by atoms with Crippen molar-refractivity contribution in [1.82, 2.24) is 9.55 Å². The molecule has 3 nitrogen and oxygen atoms in total. The van der Waals surface area contributed by atoms with Gasteiger partial charge in [-0.05, 0) is 24.3 Å². The largest absolute Gasteiger partial charge is 0.433 e. The Morgan fingerprint density at radius 3 is 2.06 bits per heavy atom. The number of aliphatic hydroxyl groups is 1. The topological polar surface area (TPSA) is 38.0 Å². The number of nitrogens with zero attached hydrogens (tertiary/aromatic N) is 2. The van der Waals surface area contributed by atoms with E-state index in [-0.39, 0.29) is 17.6 Å². The summed E-state index contributed by atoms with van der Waals surface area (Å²) in [6.45, 7) is 0. The summed E-state index contributed by atoms with van der Waals surface area (Å²) in [6.07, 6.45) is 1.24. The molecular formula is C17H8Cl2F8N2OS. The molecule has 1 atom stereocenters. The van der Waals surface area contributed by atoms with E-state index in [0.29, 0.717) is 6.20 Å². The van der Waals surface area contributed by atoms with E-state index in [0.717, 1.165) is 10.8 Å². The fraction of sp³-hybridized carbons (Fsp3) is 0.118. The lowest BCUT2D eigenvalue weighted by molar-refractivity contribution is -0.240. The van der Waals surface area contributed by atoms with Crippen LogP contribution in [0.1, 0.15) is 5.56 Å². The van der Waals surface area contributed by atoms with E-state index in [1.165, 1.54) is 18.1 Å². The molecule has 0 amide bonds.